The lowest BCUT2D eigenvalue weighted by atomic mass is 10.0. The van der Waals surface area contributed by atoms with Gasteiger partial charge in [-0.1, -0.05) is 44.2 Å². The topological polar surface area (TPSA) is 75.6 Å². The van der Waals surface area contributed by atoms with E-state index in [1.165, 1.54) is 0 Å². The van der Waals surface area contributed by atoms with Crippen LogP contribution in [0, 0.1) is 5.92 Å². The molecular weight excluding hydrogens is 270 g/mol. The lowest BCUT2D eigenvalue weighted by Gasteiger charge is -2.16. The summed E-state index contributed by atoms with van der Waals surface area (Å²) in [4.78, 5) is 22.7. The summed E-state index contributed by atoms with van der Waals surface area (Å²) in [6.07, 6.45) is 0.584. The second-order valence-corrected chi connectivity index (χ2v) is 5.38. The van der Waals surface area contributed by atoms with Gasteiger partial charge in [0.15, 0.2) is 0 Å². The number of carbonyl (C=O) groups excluding carboxylic acids is 1. The summed E-state index contributed by atoms with van der Waals surface area (Å²) >= 11 is 0. The molecule has 0 aromatic heterocycles. The Kier molecular flexibility index (Phi) is 7.46. The van der Waals surface area contributed by atoms with Gasteiger partial charge in [0.05, 0.1) is 13.2 Å². The molecule has 1 rings (SSSR count). The predicted molar refractivity (Wildman–Crippen MR) is 79.7 cm³/mol. The first-order chi connectivity index (χ1) is 9.99. The van der Waals surface area contributed by atoms with Crippen molar-refractivity contribution < 1.29 is 19.4 Å². The molecule has 0 unspecified atom stereocenters. The van der Waals surface area contributed by atoms with Gasteiger partial charge in [0.25, 0.3) is 0 Å². The highest BCUT2D eigenvalue weighted by Gasteiger charge is 2.20. The van der Waals surface area contributed by atoms with Crippen molar-refractivity contribution in [1.29, 1.82) is 0 Å². The van der Waals surface area contributed by atoms with Crippen LogP contribution in [0.1, 0.15) is 32.3 Å². The quantitative estimate of drug-likeness (QED) is 0.684. The van der Waals surface area contributed by atoms with E-state index in [-0.39, 0.29) is 24.9 Å². The van der Waals surface area contributed by atoms with E-state index in [4.69, 9.17) is 9.84 Å². The van der Waals surface area contributed by atoms with E-state index in [0.717, 1.165) is 5.56 Å². The molecule has 116 valence electrons. The molecule has 0 spiro atoms. The number of carbonyl (C=O) groups is 2. The Morgan fingerprint density at radius 3 is 2.48 bits per heavy atom. The zero-order valence-corrected chi connectivity index (χ0v) is 12.5. The molecule has 0 saturated carbocycles. The first-order valence-electron chi connectivity index (χ1n) is 7.13. The van der Waals surface area contributed by atoms with Crippen molar-refractivity contribution in [2.24, 2.45) is 5.92 Å². The van der Waals surface area contributed by atoms with Gasteiger partial charge in [0, 0.05) is 6.42 Å². The molecule has 1 aromatic carbocycles. The number of nitrogens with one attached hydrogen (secondary N) is 1. The van der Waals surface area contributed by atoms with Crippen molar-refractivity contribution in [2.75, 3.05) is 6.61 Å². The van der Waals surface area contributed by atoms with Gasteiger partial charge in [-0.25, -0.2) is 4.79 Å². The van der Waals surface area contributed by atoms with Crippen LogP contribution < -0.4 is 5.32 Å². The highest BCUT2D eigenvalue weighted by Crippen LogP contribution is 2.05. The number of benzene rings is 1. The average molecular weight is 293 g/mol. The van der Waals surface area contributed by atoms with Crippen molar-refractivity contribution >= 4 is 11.9 Å². The summed E-state index contributed by atoms with van der Waals surface area (Å²) < 4.78 is 5.41. The second-order valence-electron chi connectivity index (χ2n) is 5.38. The summed E-state index contributed by atoms with van der Waals surface area (Å²) in [6.45, 7) is 4.56. The monoisotopic (exact) mass is 293 g/mol. The first-order valence-corrected chi connectivity index (χ1v) is 7.13. The molecular formula is C16H23NO4. The molecule has 0 aliphatic rings. The van der Waals surface area contributed by atoms with Crippen LogP contribution in [0.15, 0.2) is 30.3 Å². The summed E-state index contributed by atoms with van der Waals surface area (Å²) in [5, 5.41) is 11.6. The van der Waals surface area contributed by atoms with Crippen LogP contribution >= 0.6 is 0 Å². The molecule has 2 N–H and O–H groups in total. The summed E-state index contributed by atoms with van der Waals surface area (Å²) in [5.74, 6) is -1.08. The molecule has 0 bridgehead atoms. The number of carboxylic acid groups (broad SMARTS) is 1. The third-order valence-electron chi connectivity index (χ3n) is 2.93. The SMILES string of the molecule is CC(C)C[C@@H](NC(=O)CCOCc1ccccc1)C(=O)O. The summed E-state index contributed by atoms with van der Waals surface area (Å²) in [5.41, 5.74) is 1.04. The minimum Gasteiger partial charge on any atom is -0.480 e. The van der Waals surface area contributed by atoms with Gasteiger partial charge < -0.3 is 15.2 Å². The van der Waals surface area contributed by atoms with Crippen LogP contribution in [0.25, 0.3) is 0 Å². The molecule has 0 fully saturated rings. The smallest absolute Gasteiger partial charge is 0.326 e. The number of ether oxygens (including phenoxy) is 1. The Labute approximate surface area is 125 Å². The fourth-order valence-corrected chi connectivity index (χ4v) is 1.89. The van der Waals surface area contributed by atoms with Gasteiger partial charge in [-0.2, -0.15) is 0 Å². The maximum Gasteiger partial charge on any atom is 0.326 e. The van der Waals surface area contributed by atoms with Gasteiger partial charge in [-0.05, 0) is 17.9 Å². The molecule has 0 aliphatic heterocycles. The average Bonchev–Trinajstić information content (AvgIpc) is 2.43. The molecule has 0 aliphatic carbocycles. The molecule has 0 saturated heterocycles. The fraction of sp³-hybridized carbons (Fsp3) is 0.500. The Morgan fingerprint density at radius 1 is 1.24 bits per heavy atom. The Morgan fingerprint density at radius 2 is 1.90 bits per heavy atom. The standard InChI is InChI=1S/C16H23NO4/c1-12(2)10-14(16(19)20)17-15(18)8-9-21-11-13-6-4-3-5-7-13/h3-7,12,14H,8-11H2,1-2H3,(H,17,18)(H,19,20)/t14-/m1/s1. The lowest BCUT2D eigenvalue weighted by molar-refractivity contribution is -0.142. The Bertz CT molecular complexity index is 445. The highest BCUT2D eigenvalue weighted by molar-refractivity contribution is 5.83. The van der Waals surface area contributed by atoms with Gasteiger partial charge in [0.2, 0.25) is 5.91 Å². The minimum absolute atomic E-state index is 0.161. The van der Waals surface area contributed by atoms with E-state index < -0.39 is 12.0 Å². The largest absolute Gasteiger partial charge is 0.480 e. The van der Waals surface area contributed by atoms with Crippen LogP contribution in [0.2, 0.25) is 0 Å². The number of hydrogen-bond acceptors (Lipinski definition) is 3. The van der Waals surface area contributed by atoms with Crippen molar-refractivity contribution in [3.05, 3.63) is 35.9 Å². The van der Waals surface area contributed by atoms with Crippen LogP contribution in [-0.2, 0) is 20.9 Å². The van der Waals surface area contributed by atoms with Gasteiger partial charge in [-0.15, -0.1) is 0 Å². The fourth-order valence-electron chi connectivity index (χ4n) is 1.89. The number of rotatable bonds is 9. The maximum absolute atomic E-state index is 11.7. The predicted octanol–water partition coefficient (Wildman–Crippen LogP) is 2.21. The molecule has 21 heavy (non-hydrogen) atoms. The number of aliphatic carboxylic acids is 1. The van der Waals surface area contributed by atoms with Crippen molar-refractivity contribution in [3.63, 3.8) is 0 Å². The second kappa shape index (κ2) is 9.13. The Hall–Kier alpha value is -1.88. The summed E-state index contributed by atoms with van der Waals surface area (Å²) in [7, 11) is 0. The zero-order chi connectivity index (χ0) is 15.7. The van der Waals surface area contributed by atoms with E-state index in [1.54, 1.807) is 0 Å². The van der Waals surface area contributed by atoms with E-state index in [1.807, 2.05) is 44.2 Å². The highest BCUT2D eigenvalue weighted by atomic mass is 16.5. The van der Waals surface area contributed by atoms with Crippen LogP contribution in [0.4, 0.5) is 0 Å². The van der Waals surface area contributed by atoms with E-state index in [0.29, 0.717) is 13.0 Å². The molecule has 5 heteroatoms. The van der Waals surface area contributed by atoms with Crippen molar-refractivity contribution in [3.8, 4) is 0 Å². The van der Waals surface area contributed by atoms with Crippen LogP contribution in [0.3, 0.4) is 0 Å². The molecule has 1 aromatic rings. The molecule has 0 heterocycles. The summed E-state index contributed by atoms with van der Waals surface area (Å²) in [6, 6.07) is 8.85. The Balaban J connectivity index is 2.25. The molecule has 0 radical (unpaired) electrons. The van der Waals surface area contributed by atoms with Crippen LogP contribution in [-0.4, -0.2) is 29.6 Å². The van der Waals surface area contributed by atoms with Gasteiger partial charge in [0.1, 0.15) is 6.04 Å². The third-order valence-corrected chi connectivity index (χ3v) is 2.93. The molecule has 1 amide bonds. The first kappa shape index (κ1) is 17.2. The van der Waals surface area contributed by atoms with Crippen molar-refractivity contribution in [2.45, 2.75) is 39.3 Å². The van der Waals surface area contributed by atoms with Crippen LogP contribution in [0.5, 0.6) is 0 Å². The van der Waals surface area contributed by atoms with Crippen molar-refractivity contribution in [1.82, 2.24) is 5.32 Å². The molecule has 1 atom stereocenters. The third kappa shape index (κ3) is 7.46. The molecule has 5 nitrogen and oxygen atoms in total. The zero-order valence-electron chi connectivity index (χ0n) is 12.5. The van der Waals surface area contributed by atoms with E-state index in [2.05, 4.69) is 5.32 Å². The number of hydrogen-bond donors (Lipinski definition) is 2. The number of carboxylic acids is 1. The van der Waals surface area contributed by atoms with Gasteiger partial charge >= 0.3 is 5.97 Å². The van der Waals surface area contributed by atoms with E-state index >= 15 is 0 Å². The minimum atomic E-state index is -0.998. The van der Waals surface area contributed by atoms with E-state index in [9.17, 15) is 9.59 Å². The number of amides is 1. The lowest BCUT2D eigenvalue weighted by Crippen LogP contribution is -2.41. The normalized spacial score (nSPS) is 12.1. The van der Waals surface area contributed by atoms with Gasteiger partial charge in [-0.3, -0.25) is 4.79 Å². The maximum atomic E-state index is 11.7.